The second-order valence-corrected chi connectivity index (χ2v) is 4.84. The van der Waals surface area contributed by atoms with Crippen molar-refractivity contribution in [3.05, 3.63) is 23.3 Å². The first-order valence-corrected chi connectivity index (χ1v) is 5.30. The Bertz CT molecular complexity index is 364. The monoisotopic (exact) mass is 224 g/mol. The van der Waals surface area contributed by atoms with Crippen LogP contribution in [0.4, 0.5) is 0 Å². The Morgan fingerprint density at radius 1 is 1.19 bits per heavy atom. The minimum atomic E-state index is -0.0611. The van der Waals surface area contributed by atoms with Gasteiger partial charge in [-0.05, 0) is 5.41 Å². The number of rotatable bonds is 3. The van der Waals surface area contributed by atoms with E-state index in [-0.39, 0.29) is 11.2 Å². The molecule has 1 aromatic rings. The molecule has 3 nitrogen and oxygen atoms in total. The zero-order valence-corrected chi connectivity index (χ0v) is 10.6. The van der Waals surface area contributed by atoms with E-state index in [1.54, 1.807) is 14.2 Å². The molecule has 0 spiro atoms. The van der Waals surface area contributed by atoms with Crippen molar-refractivity contribution in [3.63, 3.8) is 0 Å². The van der Waals surface area contributed by atoms with Gasteiger partial charge in [-0.25, -0.2) is 0 Å². The molecule has 0 unspecified atom stereocenters. The number of benzene rings is 1. The zero-order chi connectivity index (χ0) is 12.3. The molecule has 0 aliphatic heterocycles. The van der Waals surface area contributed by atoms with Gasteiger partial charge in [0.05, 0.1) is 13.7 Å². The van der Waals surface area contributed by atoms with Crippen molar-refractivity contribution in [2.75, 3.05) is 14.2 Å². The molecule has 1 rings (SSSR count). The van der Waals surface area contributed by atoms with Gasteiger partial charge in [-0.15, -0.1) is 0 Å². The van der Waals surface area contributed by atoms with E-state index < -0.39 is 0 Å². The fourth-order valence-corrected chi connectivity index (χ4v) is 1.68. The summed E-state index contributed by atoms with van der Waals surface area (Å²) in [5.74, 6) is 0.721. The highest BCUT2D eigenvalue weighted by molar-refractivity contribution is 5.53. The molecule has 0 atom stereocenters. The molecule has 0 aromatic heterocycles. The van der Waals surface area contributed by atoms with Crippen LogP contribution < -0.4 is 4.74 Å². The summed E-state index contributed by atoms with van der Waals surface area (Å²) in [7, 11) is 3.17. The molecule has 0 heterocycles. The van der Waals surface area contributed by atoms with E-state index >= 15 is 0 Å². The molecule has 0 bridgehead atoms. The van der Waals surface area contributed by atoms with E-state index in [9.17, 15) is 5.11 Å². The predicted octanol–water partition coefficient (Wildman–Crippen LogP) is 2.84. The molecule has 0 fully saturated rings. The maximum Gasteiger partial charge on any atom is 0.164 e. The number of ether oxygens (including phenoxy) is 2. The van der Waals surface area contributed by atoms with E-state index in [4.69, 9.17) is 9.47 Å². The van der Waals surface area contributed by atoms with Gasteiger partial charge in [-0.2, -0.15) is 0 Å². The molecule has 0 radical (unpaired) electrons. The van der Waals surface area contributed by atoms with Crippen LogP contribution in [0.15, 0.2) is 12.1 Å². The lowest BCUT2D eigenvalue weighted by Crippen LogP contribution is -2.13. The zero-order valence-electron chi connectivity index (χ0n) is 10.6. The minimum absolute atomic E-state index is 0.0611. The quantitative estimate of drug-likeness (QED) is 0.858. The van der Waals surface area contributed by atoms with Crippen LogP contribution in [0.5, 0.6) is 11.5 Å². The van der Waals surface area contributed by atoms with Crippen LogP contribution >= 0.6 is 0 Å². The standard InChI is InChI=1S/C13H20O3/c1-13(2,3)10-7-6-9(8-15-4)11(14)12(10)16-5/h6-7,14H,8H2,1-5H3. The molecule has 1 aromatic carbocycles. The van der Waals surface area contributed by atoms with Crippen molar-refractivity contribution >= 4 is 0 Å². The van der Waals surface area contributed by atoms with Crippen molar-refractivity contribution < 1.29 is 14.6 Å². The average molecular weight is 224 g/mol. The Kier molecular flexibility index (Phi) is 3.81. The summed E-state index contributed by atoms with van der Waals surface area (Å²) >= 11 is 0. The molecule has 1 N–H and O–H groups in total. The van der Waals surface area contributed by atoms with Gasteiger partial charge in [-0.3, -0.25) is 0 Å². The molecule has 16 heavy (non-hydrogen) atoms. The van der Waals surface area contributed by atoms with E-state index in [2.05, 4.69) is 20.8 Å². The normalized spacial score (nSPS) is 11.6. The van der Waals surface area contributed by atoms with Crippen LogP contribution in [0.25, 0.3) is 0 Å². The third-order valence-corrected chi connectivity index (χ3v) is 2.53. The Labute approximate surface area is 97.0 Å². The first-order chi connectivity index (χ1) is 7.41. The van der Waals surface area contributed by atoms with Crippen LogP contribution in [-0.2, 0) is 16.8 Å². The van der Waals surface area contributed by atoms with Crippen molar-refractivity contribution in [2.45, 2.75) is 32.8 Å². The highest BCUT2D eigenvalue weighted by atomic mass is 16.5. The second kappa shape index (κ2) is 4.74. The second-order valence-electron chi connectivity index (χ2n) is 4.84. The Hall–Kier alpha value is -1.22. The number of hydrogen-bond donors (Lipinski definition) is 1. The van der Waals surface area contributed by atoms with Crippen molar-refractivity contribution in [3.8, 4) is 11.5 Å². The Morgan fingerprint density at radius 3 is 2.25 bits per heavy atom. The van der Waals surface area contributed by atoms with Crippen LogP contribution in [0, 0.1) is 0 Å². The van der Waals surface area contributed by atoms with Gasteiger partial charge in [0.1, 0.15) is 0 Å². The molecule has 0 amide bonds. The number of phenols is 1. The highest BCUT2D eigenvalue weighted by Gasteiger charge is 2.22. The summed E-state index contributed by atoms with van der Waals surface area (Å²) in [5, 5.41) is 10.1. The predicted molar refractivity (Wildman–Crippen MR) is 64.1 cm³/mol. The molecule has 0 saturated carbocycles. The number of methoxy groups -OCH3 is 2. The molecule has 0 aliphatic carbocycles. The summed E-state index contributed by atoms with van der Waals surface area (Å²) in [6.07, 6.45) is 0. The maximum absolute atomic E-state index is 10.1. The summed E-state index contributed by atoms with van der Waals surface area (Å²) in [6.45, 7) is 6.63. The largest absolute Gasteiger partial charge is 0.504 e. The van der Waals surface area contributed by atoms with Gasteiger partial charge < -0.3 is 14.6 Å². The number of aromatic hydroxyl groups is 1. The van der Waals surface area contributed by atoms with E-state index in [0.29, 0.717) is 12.4 Å². The first kappa shape index (κ1) is 12.8. The van der Waals surface area contributed by atoms with Gasteiger partial charge in [0.25, 0.3) is 0 Å². The van der Waals surface area contributed by atoms with Gasteiger partial charge in [0.2, 0.25) is 0 Å². The van der Waals surface area contributed by atoms with Gasteiger partial charge in [0, 0.05) is 18.2 Å². The first-order valence-electron chi connectivity index (χ1n) is 5.30. The summed E-state index contributed by atoms with van der Waals surface area (Å²) in [6, 6.07) is 3.86. The van der Waals surface area contributed by atoms with Gasteiger partial charge in [0.15, 0.2) is 11.5 Å². The molecular weight excluding hydrogens is 204 g/mol. The fourth-order valence-electron chi connectivity index (χ4n) is 1.68. The van der Waals surface area contributed by atoms with Crippen LogP contribution in [0.3, 0.4) is 0 Å². The van der Waals surface area contributed by atoms with Crippen molar-refractivity contribution in [2.24, 2.45) is 0 Å². The third-order valence-electron chi connectivity index (χ3n) is 2.53. The highest BCUT2D eigenvalue weighted by Crippen LogP contribution is 2.40. The third kappa shape index (κ3) is 2.47. The minimum Gasteiger partial charge on any atom is -0.504 e. The lowest BCUT2D eigenvalue weighted by atomic mass is 9.85. The SMILES string of the molecule is COCc1ccc(C(C)(C)C)c(OC)c1O. The van der Waals surface area contributed by atoms with Crippen LogP contribution in [0.2, 0.25) is 0 Å². The average Bonchev–Trinajstić information content (AvgIpc) is 2.19. The summed E-state index contributed by atoms with van der Waals surface area (Å²) in [4.78, 5) is 0. The van der Waals surface area contributed by atoms with Gasteiger partial charge >= 0.3 is 0 Å². The molecule has 90 valence electrons. The van der Waals surface area contributed by atoms with E-state index in [1.165, 1.54) is 0 Å². The van der Waals surface area contributed by atoms with E-state index in [0.717, 1.165) is 11.1 Å². The number of phenolic OH excluding ortho intramolecular Hbond substituents is 1. The van der Waals surface area contributed by atoms with Crippen LogP contribution in [-0.4, -0.2) is 19.3 Å². The molecular formula is C13H20O3. The summed E-state index contributed by atoms with van der Waals surface area (Å²) < 4.78 is 10.3. The number of hydrogen-bond acceptors (Lipinski definition) is 3. The van der Waals surface area contributed by atoms with Crippen LogP contribution in [0.1, 0.15) is 31.9 Å². The Balaban J connectivity index is 3.29. The van der Waals surface area contributed by atoms with Crippen molar-refractivity contribution in [1.82, 2.24) is 0 Å². The van der Waals surface area contributed by atoms with E-state index in [1.807, 2.05) is 12.1 Å². The maximum atomic E-state index is 10.1. The van der Waals surface area contributed by atoms with Gasteiger partial charge in [-0.1, -0.05) is 32.9 Å². The molecule has 0 aliphatic rings. The lowest BCUT2D eigenvalue weighted by Gasteiger charge is -2.23. The lowest BCUT2D eigenvalue weighted by molar-refractivity contribution is 0.181. The fraction of sp³-hybridized carbons (Fsp3) is 0.538. The topological polar surface area (TPSA) is 38.7 Å². The molecule has 3 heteroatoms. The molecule has 0 saturated heterocycles. The Morgan fingerprint density at radius 2 is 1.81 bits per heavy atom. The van der Waals surface area contributed by atoms with Crippen molar-refractivity contribution in [1.29, 1.82) is 0 Å². The summed E-state index contributed by atoms with van der Waals surface area (Å²) in [5.41, 5.74) is 1.67. The smallest absolute Gasteiger partial charge is 0.164 e.